The van der Waals surface area contributed by atoms with Crippen molar-refractivity contribution >= 4 is 11.7 Å². The number of nitrogens with two attached hydrogens (primary N) is 1. The number of nitrogens with zero attached hydrogens (tertiary/aromatic N) is 3. The second kappa shape index (κ2) is 8.03. The minimum absolute atomic E-state index is 0.174. The molecule has 0 saturated carbocycles. The van der Waals surface area contributed by atoms with Gasteiger partial charge in [-0.05, 0) is 42.9 Å². The largest absolute Gasteiger partial charge is 0.381 e. The van der Waals surface area contributed by atoms with E-state index in [0.29, 0.717) is 19.0 Å². The highest BCUT2D eigenvalue weighted by molar-refractivity contribution is 5.94. The molecule has 0 radical (unpaired) electrons. The standard InChI is InChI=1S/C17H23N5O2/c18-16(14-5-11-24-12-6-14)17(23)20-15-4-10-22(21-15)9-3-13-1-7-19-8-2-13/h1-2,4,7-8,10,14,16H,3,5-6,9,11-12,18H2,(H,20,21,23). The smallest absolute Gasteiger partial charge is 0.242 e. The van der Waals surface area contributed by atoms with Crippen LogP contribution in [0, 0.1) is 5.92 Å². The molecule has 7 nitrogen and oxygen atoms in total. The first-order valence-electron chi connectivity index (χ1n) is 8.29. The van der Waals surface area contributed by atoms with Crippen molar-refractivity contribution in [2.24, 2.45) is 11.7 Å². The van der Waals surface area contributed by atoms with Crippen LogP contribution in [0.25, 0.3) is 0 Å². The lowest BCUT2D eigenvalue weighted by atomic mass is 9.92. The molecule has 3 heterocycles. The summed E-state index contributed by atoms with van der Waals surface area (Å²) < 4.78 is 7.12. The zero-order valence-corrected chi connectivity index (χ0v) is 13.6. The zero-order valence-electron chi connectivity index (χ0n) is 13.6. The fourth-order valence-electron chi connectivity index (χ4n) is 2.84. The van der Waals surface area contributed by atoms with Gasteiger partial charge in [-0.2, -0.15) is 5.10 Å². The number of aryl methyl sites for hydroxylation is 2. The van der Waals surface area contributed by atoms with Gasteiger partial charge < -0.3 is 15.8 Å². The Morgan fingerprint density at radius 3 is 2.83 bits per heavy atom. The van der Waals surface area contributed by atoms with Crippen LogP contribution in [0.5, 0.6) is 0 Å². The molecule has 1 saturated heterocycles. The first-order valence-corrected chi connectivity index (χ1v) is 8.29. The summed E-state index contributed by atoms with van der Waals surface area (Å²) in [5.74, 6) is 0.533. The molecule has 0 aromatic carbocycles. The van der Waals surface area contributed by atoms with Gasteiger partial charge in [0, 0.05) is 44.4 Å². The first-order chi connectivity index (χ1) is 11.7. The monoisotopic (exact) mass is 329 g/mol. The molecule has 3 rings (SSSR count). The van der Waals surface area contributed by atoms with E-state index in [4.69, 9.17) is 10.5 Å². The van der Waals surface area contributed by atoms with Crippen molar-refractivity contribution in [2.45, 2.75) is 31.8 Å². The van der Waals surface area contributed by atoms with Gasteiger partial charge in [0.05, 0.1) is 6.04 Å². The van der Waals surface area contributed by atoms with E-state index >= 15 is 0 Å². The molecule has 2 aromatic heterocycles. The molecule has 1 aliphatic rings. The van der Waals surface area contributed by atoms with E-state index < -0.39 is 6.04 Å². The topological polar surface area (TPSA) is 95.1 Å². The van der Waals surface area contributed by atoms with E-state index in [1.54, 1.807) is 18.5 Å². The Balaban J connectivity index is 1.50. The third kappa shape index (κ3) is 4.39. The molecule has 1 amide bonds. The van der Waals surface area contributed by atoms with Crippen molar-refractivity contribution < 1.29 is 9.53 Å². The van der Waals surface area contributed by atoms with Gasteiger partial charge >= 0.3 is 0 Å². The molecule has 0 bridgehead atoms. The summed E-state index contributed by atoms with van der Waals surface area (Å²) in [5, 5.41) is 7.19. The van der Waals surface area contributed by atoms with Crippen LogP contribution in [-0.4, -0.2) is 39.9 Å². The Bertz CT molecular complexity index is 652. The average Bonchev–Trinajstić information content (AvgIpc) is 3.08. The molecule has 2 aromatic rings. The molecule has 128 valence electrons. The average molecular weight is 329 g/mol. The van der Waals surface area contributed by atoms with Gasteiger partial charge in [-0.15, -0.1) is 0 Å². The second-order valence-electron chi connectivity index (χ2n) is 6.03. The Hall–Kier alpha value is -2.25. The molecule has 3 N–H and O–H groups in total. The van der Waals surface area contributed by atoms with Crippen LogP contribution < -0.4 is 11.1 Å². The van der Waals surface area contributed by atoms with Crippen molar-refractivity contribution in [1.29, 1.82) is 0 Å². The Morgan fingerprint density at radius 2 is 2.08 bits per heavy atom. The number of hydrogen-bond donors (Lipinski definition) is 2. The van der Waals surface area contributed by atoms with Crippen molar-refractivity contribution in [3.8, 4) is 0 Å². The Labute approximate surface area is 141 Å². The molecule has 1 aliphatic heterocycles. The normalized spacial score (nSPS) is 16.7. The lowest BCUT2D eigenvalue weighted by Gasteiger charge is -2.26. The van der Waals surface area contributed by atoms with Crippen LogP contribution in [0.3, 0.4) is 0 Å². The lowest BCUT2D eigenvalue weighted by molar-refractivity contribution is -0.119. The SMILES string of the molecule is NC(C(=O)Nc1ccn(CCc2ccncc2)n1)C1CCOCC1. The van der Waals surface area contributed by atoms with E-state index in [1.165, 1.54) is 5.56 Å². The van der Waals surface area contributed by atoms with Gasteiger partial charge in [-0.1, -0.05) is 0 Å². The van der Waals surface area contributed by atoms with Crippen LogP contribution in [-0.2, 0) is 22.5 Å². The van der Waals surface area contributed by atoms with E-state index in [9.17, 15) is 4.79 Å². The van der Waals surface area contributed by atoms with Crippen LogP contribution in [0.4, 0.5) is 5.82 Å². The summed E-state index contributed by atoms with van der Waals surface area (Å²) in [7, 11) is 0. The summed E-state index contributed by atoms with van der Waals surface area (Å²) in [6.45, 7) is 2.09. The first kappa shape index (κ1) is 16.6. The number of anilines is 1. The summed E-state index contributed by atoms with van der Waals surface area (Å²) in [4.78, 5) is 16.3. The van der Waals surface area contributed by atoms with E-state index in [0.717, 1.165) is 25.8 Å². The third-order valence-electron chi connectivity index (χ3n) is 4.35. The summed E-state index contributed by atoms with van der Waals surface area (Å²) in [6, 6.07) is 5.25. The fourth-order valence-corrected chi connectivity index (χ4v) is 2.84. The van der Waals surface area contributed by atoms with Crippen molar-refractivity contribution in [3.05, 3.63) is 42.4 Å². The highest BCUT2D eigenvalue weighted by atomic mass is 16.5. The van der Waals surface area contributed by atoms with Crippen LogP contribution >= 0.6 is 0 Å². The minimum atomic E-state index is -0.518. The number of ether oxygens (including phenoxy) is 1. The van der Waals surface area contributed by atoms with E-state index in [1.807, 2.05) is 23.0 Å². The fraction of sp³-hybridized carbons (Fsp3) is 0.471. The molecule has 7 heteroatoms. The van der Waals surface area contributed by atoms with E-state index in [-0.39, 0.29) is 11.8 Å². The lowest BCUT2D eigenvalue weighted by Crippen LogP contribution is -2.44. The number of hydrogen-bond acceptors (Lipinski definition) is 5. The van der Waals surface area contributed by atoms with Crippen LogP contribution in [0.2, 0.25) is 0 Å². The maximum atomic E-state index is 12.3. The Morgan fingerprint density at radius 1 is 1.33 bits per heavy atom. The highest BCUT2D eigenvalue weighted by Gasteiger charge is 2.26. The van der Waals surface area contributed by atoms with Gasteiger partial charge in [0.1, 0.15) is 0 Å². The second-order valence-corrected chi connectivity index (χ2v) is 6.03. The van der Waals surface area contributed by atoms with Gasteiger partial charge in [0.2, 0.25) is 5.91 Å². The third-order valence-corrected chi connectivity index (χ3v) is 4.35. The summed E-state index contributed by atoms with van der Waals surface area (Å²) in [6.07, 6.45) is 7.93. The number of amides is 1. The number of nitrogens with one attached hydrogen (secondary N) is 1. The van der Waals surface area contributed by atoms with Gasteiger partial charge in [0.25, 0.3) is 0 Å². The van der Waals surface area contributed by atoms with Crippen LogP contribution in [0.1, 0.15) is 18.4 Å². The maximum absolute atomic E-state index is 12.3. The maximum Gasteiger partial charge on any atom is 0.242 e. The number of pyridine rings is 1. The van der Waals surface area contributed by atoms with Crippen LogP contribution in [0.15, 0.2) is 36.8 Å². The van der Waals surface area contributed by atoms with Crippen molar-refractivity contribution in [3.63, 3.8) is 0 Å². The Kier molecular flexibility index (Phi) is 5.55. The zero-order chi connectivity index (χ0) is 16.8. The summed E-state index contributed by atoms with van der Waals surface area (Å²) in [5.41, 5.74) is 7.27. The molecular weight excluding hydrogens is 306 g/mol. The number of aromatic nitrogens is 3. The molecule has 1 atom stereocenters. The van der Waals surface area contributed by atoms with Gasteiger partial charge in [0.15, 0.2) is 5.82 Å². The highest BCUT2D eigenvalue weighted by Crippen LogP contribution is 2.18. The molecular formula is C17H23N5O2. The van der Waals surface area contributed by atoms with Gasteiger partial charge in [-0.25, -0.2) is 0 Å². The quantitative estimate of drug-likeness (QED) is 0.831. The molecule has 1 fully saturated rings. The van der Waals surface area contributed by atoms with Gasteiger partial charge in [-0.3, -0.25) is 14.5 Å². The predicted molar refractivity (Wildman–Crippen MR) is 90.3 cm³/mol. The van der Waals surface area contributed by atoms with E-state index in [2.05, 4.69) is 15.4 Å². The number of rotatable bonds is 6. The summed E-state index contributed by atoms with van der Waals surface area (Å²) >= 11 is 0. The number of carbonyl (C=O) groups is 1. The van der Waals surface area contributed by atoms with Crippen molar-refractivity contribution in [2.75, 3.05) is 18.5 Å². The molecule has 0 spiro atoms. The molecule has 24 heavy (non-hydrogen) atoms. The minimum Gasteiger partial charge on any atom is -0.381 e. The van der Waals surface area contributed by atoms with Crippen molar-refractivity contribution in [1.82, 2.24) is 14.8 Å². The predicted octanol–water partition coefficient (Wildman–Crippen LogP) is 1.21. The number of carbonyl (C=O) groups excluding carboxylic acids is 1. The molecule has 1 unspecified atom stereocenters. The molecule has 0 aliphatic carbocycles.